The summed E-state index contributed by atoms with van der Waals surface area (Å²) < 4.78 is 0. The Bertz CT molecular complexity index is 714. The molecule has 3 heterocycles. The summed E-state index contributed by atoms with van der Waals surface area (Å²) in [5, 5.41) is 4.19. The van der Waals surface area contributed by atoms with Crippen molar-refractivity contribution in [3.05, 3.63) is 15.6 Å². The number of likely N-dealkylation sites (tertiary alicyclic amines) is 2. The topological polar surface area (TPSA) is 65.5 Å². The quantitative estimate of drug-likeness (QED) is 0.818. The van der Waals surface area contributed by atoms with E-state index in [0.717, 1.165) is 80.3 Å². The Kier molecular flexibility index (Phi) is 6.01. The third-order valence-corrected chi connectivity index (χ3v) is 7.54. The molecule has 2 amide bonds. The number of rotatable bonds is 5. The Labute approximate surface area is 171 Å². The Morgan fingerprint density at radius 2 is 1.71 bits per heavy atom. The molecule has 0 bridgehead atoms. The summed E-state index contributed by atoms with van der Waals surface area (Å²) in [5.74, 6) is 0.710. The fourth-order valence-corrected chi connectivity index (χ4v) is 5.47. The average Bonchev–Trinajstić information content (AvgIpc) is 3.45. The molecule has 2 saturated heterocycles. The molecule has 1 saturated carbocycles. The zero-order chi connectivity index (χ0) is 19.7. The van der Waals surface area contributed by atoms with Crippen molar-refractivity contribution in [3.63, 3.8) is 0 Å². The number of carbonyl (C=O) groups is 2. The van der Waals surface area contributed by atoms with Crippen molar-refractivity contribution in [2.75, 3.05) is 26.2 Å². The summed E-state index contributed by atoms with van der Waals surface area (Å²) in [5.41, 5.74) is 0.999. The van der Waals surface area contributed by atoms with Crippen LogP contribution < -0.4 is 5.32 Å². The maximum Gasteiger partial charge on any atom is 0.227 e. The first-order valence-corrected chi connectivity index (χ1v) is 11.6. The SMILES string of the molecule is Cc1nc(C)c(CC(=O)N2CCC(N3CCC(C(=O)NC4CC4)CC3)CC2)s1. The third kappa shape index (κ3) is 4.74. The van der Waals surface area contributed by atoms with Crippen LogP contribution >= 0.6 is 11.3 Å². The molecule has 154 valence electrons. The van der Waals surface area contributed by atoms with E-state index < -0.39 is 0 Å². The monoisotopic (exact) mass is 404 g/mol. The van der Waals surface area contributed by atoms with E-state index in [0.29, 0.717) is 18.5 Å². The molecule has 0 atom stereocenters. The molecule has 28 heavy (non-hydrogen) atoms. The van der Waals surface area contributed by atoms with Gasteiger partial charge in [0.25, 0.3) is 0 Å². The van der Waals surface area contributed by atoms with E-state index in [1.165, 1.54) is 0 Å². The van der Waals surface area contributed by atoms with E-state index >= 15 is 0 Å². The van der Waals surface area contributed by atoms with Gasteiger partial charge in [0.2, 0.25) is 11.8 Å². The number of hydrogen-bond donors (Lipinski definition) is 1. The normalized spacial score (nSPS) is 22.4. The molecule has 0 spiro atoms. The van der Waals surface area contributed by atoms with Crippen LogP contribution in [0.2, 0.25) is 0 Å². The Morgan fingerprint density at radius 1 is 1.04 bits per heavy atom. The predicted octanol–water partition coefficient (Wildman–Crippen LogP) is 2.28. The smallest absolute Gasteiger partial charge is 0.227 e. The van der Waals surface area contributed by atoms with Crippen LogP contribution in [-0.2, 0) is 16.0 Å². The summed E-state index contributed by atoms with van der Waals surface area (Å²) in [6.45, 7) is 7.72. The molecule has 4 rings (SSSR count). The van der Waals surface area contributed by atoms with Crippen LogP contribution in [-0.4, -0.2) is 64.9 Å². The number of aromatic nitrogens is 1. The fourth-order valence-electron chi connectivity index (χ4n) is 4.54. The van der Waals surface area contributed by atoms with E-state index in [9.17, 15) is 9.59 Å². The van der Waals surface area contributed by atoms with Gasteiger partial charge < -0.3 is 15.1 Å². The van der Waals surface area contributed by atoms with Crippen LogP contribution in [0.3, 0.4) is 0 Å². The van der Waals surface area contributed by atoms with Crippen LogP contribution in [0, 0.1) is 19.8 Å². The second kappa shape index (κ2) is 8.49. The van der Waals surface area contributed by atoms with Gasteiger partial charge in [-0.05, 0) is 65.5 Å². The third-order valence-electron chi connectivity index (χ3n) is 6.47. The largest absolute Gasteiger partial charge is 0.353 e. The van der Waals surface area contributed by atoms with Gasteiger partial charge in [0, 0.05) is 36.0 Å². The standard InChI is InChI=1S/C21H32N4O2S/c1-14-19(28-15(2)22-14)13-20(26)25-11-7-18(8-12-25)24-9-5-16(6-10-24)21(27)23-17-3-4-17/h16-18H,3-13H2,1-2H3,(H,23,27). The highest BCUT2D eigenvalue weighted by molar-refractivity contribution is 7.11. The van der Waals surface area contributed by atoms with E-state index in [-0.39, 0.29) is 17.7 Å². The molecule has 0 radical (unpaired) electrons. The van der Waals surface area contributed by atoms with Crippen molar-refractivity contribution in [1.29, 1.82) is 0 Å². The van der Waals surface area contributed by atoms with Gasteiger partial charge >= 0.3 is 0 Å². The summed E-state index contributed by atoms with van der Waals surface area (Å²) in [6, 6.07) is 1.02. The molecular weight excluding hydrogens is 372 g/mol. The van der Waals surface area contributed by atoms with Gasteiger partial charge in [-0.3, -0.25) is 9.59 Å². The highest BCUT2D eigenvalue weighted by Gasteiger charge is 2.33. The molecule has 6 nitrogen and oxygen atoms in total. The van der Waals surface area contributed by atoms with Gasteiger partial charge in [0.1, 0.15) is 0 Å². The van der Waals surface area contributed by atoms with Gasteiger partial charge in [-0.2, -0.15) is 0 Å². The zero-order valence-electron chi connectivity index (χ0n) is 17.1. The molecule has 1 aromatic heterocycles. The van der Waals surface area contributed by atoms with Crippen molar-refractivity contribution in [2.45, 2.75) is 70.9 Å². The van der Waals surface area contributed by atoms with Gasteiger partial charge in [0.15, 0.2) is 0 Å². The molecule has 0 unspecified atom stereocenters. The first-order chi connectivity index (χ1) is 13.5. The maximum absolute atomic E-state index is 12.7. The van der Waals surface area contributed by atoms with Gasteiger partial charge in [-0.15, -0.1) is 11.3 Å². The lowest BCUT2D eigenvalue weighted by molar-refractivity contribution is -0.132. The number of piperidine rings is 2. The van der Waals surface area contributed by atoms with Gasteiger partial charge in [-0.25, -0.2) is 4.98 Å². The van der Waals surface area contributed by atoms with Crippen LogP contribution in [0.5, 0.6) is 0 Å². The Hall–Kier alpha value is -1.47. The fraction of sp³-hybridized carbons (Fsp3) is 0.762. The van der Waals surface area contributed by atoms with E-state index in [2.05, 4.69) is 15.2 Å². The van der Waals surface area contributed by atoms with E-state index in [1.807, 2.05) is 18.7 Å². The molecule has 2 aliphatic heterocycles. The number of hydrogen-bond acceptors (Lipinski definition) is 5. The number of thiazole rings is 1. The molecular formula is C21H32N4O2S. The van der Waals surface area contributed by atoms with Gasteiger partial charge in [-0.1, -0.05) is 0 Å². The van der Waals surface area contributed by atoms with Crippen LogP contribution in [0.25, 0.3) is 0 Å². The van der Waals surface area contributed by atoms with Gasteiger partial charge in [0.05, 0.1) is 17.1 Å². The van der Waals surface area contributed by atoms with Crippen LogP contribution in [0.1, 0.15) is 54.1 Å². The summed E-state index contributed by atoms with van der Waals surface area (Å²) in [7, 11) is 0. The summed E-state index contributed by atoms with van der Waals surface area (Å²) >= 11 is 1.64. The highest BCUT2D eigenvalue weighted by Crippen LogP contribution is 2.26. The first-order valence-electron chi connectivity index (χ1n) is 10.7. The van der Waals surface area contributed by atoms with Crippen molar-refractivity contribution in [2.24, 2.45) is 5.92 Å². The number of aryl methyl sites for hydroxylation is 2. The Morgan fingerprint density at radius 3 is 2.29 bits per heavy atom. The first kappa shape index (κ1) is 19.8. The number of nitrogens with zero attached hydrogens (tertiary/aromatic N) is 3. The summed E-state index contributed by atoms with van der Waals surface area (Å²) in [4.78, 5) is 35.0. The van der Waals surface area contributed by atoms with E-state index in [1.54, 1.807) is 11.3 Å². The van der Waals surface area contributed by atoms with Crippen molar-refractivity contribution < 1.29 is 9.59 Å². The molecule has 7 heteroatoms. The minimum atomic E-state index is 0.199. The van der Waals surface area contributed by atoms with Crippen molar-refractivity contribution in [3.8, 4) is 0 Å². The highest BCUT2D eigenvalue weighted by atomic mass is 32.1. The molecule has 1 N–H and O–H groups in total. The maximum atomic E-state index is 12.7. The van der Waals surface area contributed by atoms with Crippen LogP contribution in [0.15, 0.2) is 0 Å². The molecule has 0 aromatic carbocycles. The zero-order valence-corrected chi connectivity index (χ0v) is 17.9. The van der Waals surface area contributed by atoms with Crippen molar-refractivity contribution in [1.82, 2.24) is 20.1 Å². The molecule has 3 aliphatic rings. The minimum Gasteiger partial charge on any atom is -0.353 e. The minimum absolute atomic E-state index is 0.199. The lowest BCUT2D eigenvalue weighted by Gasteiger charge is -2.41. The summed E-state index contributed by atoms with van der Waals surface area (Å²) in [6.07, 6.45) is 6.85. The number of amides is 2. The number of carbonyl (C=O) groups excluding carboxylic acids is 2. The second-order valence-corrected chi connectivity index (χ2v) is 9.91. The van der Waals surface area contributed by atoms with E-state index in [4.69, 9.17) is 0 Å². The lowest BCUT2D eigenvalue weighted by atomic mass is 9.92. The number of nitrogens with one attached hydrogen (secondary N) is 1. The molecule has 1 aromatic rings. The second-order valence-electron chi connectivity index (χ2n) is 8.62. The lowest BCUT2D eigenvalue weighted by Crippen LogP contribution is -2.50. The molecule has 3 fully saturated rings. The van der Waals surface area contributed by atoms with Crippen LogP contribution in [0.4, 0.5) is 0 Å². The Balaban J connectivity index is 1.20. The van der Waals surface area contributed by atoms with Crippen molar-refractivity contribution >= 4 is 23.2 Å². The average molecular weight is 405 g/mol. The molecule has 1 aliphatic carbocycles. The predicted molar refractivity (Wildman–Crippen MR) is 110 cm³/mol.